The van der Waals surface area contributed by atoms with Crippen LogP contribution in [-0.2, 0) is 6.54 Å². The van der Waals surface area contributed by atoms with E-state index in [9.17, 15) is 9.18 Å². The van der Waals surface area contributed by atoms with Crippen molar-refractivity contribution in [1.29, 1.82) is 0 Å². The predicted molar refractivity (Wildman–Crippen MR) is 94.7 cm³/mol. The number of aromatic amines is 1. The van der Waals surface area contributed by atoms with Crippen molar-refractivity contribution in [2.24, 2.45) is 0 Å². The van der Waals surface area contributed by atoms with Crippen LogP contribution in [0.4, 0.5) is 4.39 Å². The van der Waals surface area contributed by atoms with E-state index in [4.69, 9.17) is 9.47 Å². The maximum Gasteiger partial charge on any atom is 0.269 e. The molecule has 3 rings (SSSR count). The van der Waals surface area contributed by atoms with E-state index in [1.807, 2.05) is 6.07 Å². The van der Waals surface area contributed by atoms with Crippen LogP contribution in [0, 0.1) is 5.82 Å². The van der Waals surface area contributed by atoms with Gasteiger partial charge in [0.2, 0.25) is 0 Å². The molecule has 0 fully saturated rings. The number of hydrogen-bond acceptors (Lipinski definition) is 4. The van der Waals surface area contributed by atoms with Gasteiger partial charge in [-0.05, 0) is 35.9 Å². The Kier molecular flexibility index (Phi) is 5.17. The molecule has 0 aliphatic carbocycles. The fourth-order valence-corrected chi connectivity index (χ4v) is 2.47. The molecule has 0 bridgehead atoms. The van der Waals surface area contributed by atoms with Gasteiger partial charge in [0, 0.05) is 18.2 Å². The summed E-state index contributed by atoms with van der Waals surface area (Å²) < 4.78 is 23.4. The summed E-state index contributed by atoms with van der Waals surface area (Å²) in [6.07, 6.45) is 0. The molecule has 0 unspecified atom stereocenters. The SMILES string of the molecule is COc1ccc(-c2cc(C(=O)NCc3ccc(F)cc3)[nH]n2)c(OC)c1. The predicted octanol–water partition coefficient (Wildman–Crippen LogP) is 3.16. The summed E-state index contributed by atoms with van der Waals surface area (Å²) >= 11 is 0. The Balaban J connectivity index is 1.73. The lowest BCUT2D eigenvalue weighted by atomic mass is 10.1. The Morgan fingerprint density at radius 3 is 2.58 bits per heavy atom. The summed E-state index contributed by atoms with van der Waals surface area (Å²) in [5.41, 5.74) is 2.44. The lowest BCUT2D eigenvalue weighted by Crippen LogP contribution is -2.23. The highest BCUT2D eigenvalue weighted by Gasteiger charge is 2.14. The van der Waals surface area contributed by atoms with E-state index < -0.39 is 0 Å². The third-order valence-corrected chi connectivity index (χ3v) is 3.87. The van der Waals surface area contributed by atoms with Gasteiger partial charge in [0.15, 0.2) is 0 Å². The van der Waals surface area contributed by atoms with Crippen LogP contribution < -0.4 is 14.8 Å². The van der Waals surface area contributed by atoms with E-state index in [-0.39, 0.29) is 11.7 Å². The summed E-state index contributed by atoms with van der Waals surface area (Å²) in [4.78, 5) is 12.3. The third-order valence-electron chi connectivity index (χ3n) is 3.87. The summed E-state index contributed by atoms with van der Waals surface area (Å²) in [5, 5.41) is 9.66. The van der Waals surface area contributed by atoms with Crippen LogP contribution in [0.15, 0.2) is 48.5 Å². The van der Waals surface area contributed by atoms with Crippen molar-refractivity contribution in [3.05, 3.63) is 65.6 Å². The van der Waals surface area contributed by atoms with Gasteiger partial charge in [0.1, 0.15) is 23.0 Å². The number of aromatic nitrogens is 2. The topological polar surface area (TPSA) is 76.2 Å². The summed E-state index contributed by atoms with van der Waals surface area (Å²) in [7, 11) is 3.13. The van der Waals surface area contributed by atoms with Gasteiger partial charge in [-0.15, -0.1) is 0 Å². The maximum atomic E-state index is 12.9. The highest BCUT2D eigenvalue weighted by Crippen LogP contribution is 2.32. The molecule has 1 aromatic heterocycles. The molecule has 134 valence electrons. The standard InChI is InChI=1S/C19H18FN3O3/c1-25-14-7-8-15(18(9-14)26-2)16-10-17(23-22-16)19(24)21-11-12-3-5-13(20)6-4-12/h3-10H,11H2,1-2H3,(H,21,24)(H,22,23). The number of ether oxygens (including phenoxy) is 2. The van der Waals surface area contributed by atoms with Crippen molar-refractivity contribution in [3.63, 3.8) is 0 Å². The van der Waals surface area contributed by atoms with Gasteiger partial charge in [0.05, 0.1) is 19.9 Å². The lowest BCUT2D eigenvalue weighted by molar-refractivity contribution is 0.0946. The largest absolute Gasteiger partial charge is 0.497 e. The van der Waals surface area contributed by atoms with Crippen LogP contribution in [0.2, 0.25) is 0 Å². The molecule has 0 spiro atoms. The summed E-state index contributed by atoms with van der Waals surface area (Å²) in [6.45, 7) is 0.291. The molecule has 0 saturated carbocycles. The Morgan fingerprint density at radius 2 is 1.88 bits per heavy atom. The molecule has 2 aromatic carbocycles. The summed E-state index contributed by atoms with van der Waals surface area (Å²) in [5.74, 6) is 0.639. The van der Waals surface area contributed by atoms with Gasteiger partial charge in [-0.3, -0.25) is 9.89 Å². The zero-order valence-electron chi connectivity index (χ0n) is 14.4. The number of nitrogens with zero attached hydrogens (tertiary/aromatic N) is 1. The number of amides is 1. The van der Waals surface area contributed by atoms with Crippen LogP contribution in [-0.4, -0.2) is 30.3 Å². The van der Waals surface area contributed by atoms with Crippen molar-refractivity contribution in [3.8, 4) is 22.8 Å². The normalized spacial score (nSPS) is 10.4. The first-order chi connectivity index (χ1) is 12.6. The minimum Gasteiger partial charge on any atom is -0.497 e. The highest BCUT2D eigenvalue weighted by molar-refractivity contribution is 5.93. The number of methoxy groups -OCH3 is 2. The molecule has 2 N–H and O–H groups in total. The van der Waals surface area contributed by atoms with Crippen LogP contribution in [0.5, 0.6) is 11.5 Å². The van der Waals surface area contributed by atoms with Crippen LogP contribution in [0.3, 0.4) is 0 Å². The van der Waals surface area contributed by atoms with Crippen LogP contribution >= 0.6 is 0 Å². The van der Waals surface area contributed by atoms with Crippen LogP contribution in [0.1, 0.15) is 16.1 Å². The fraction of sp³-hybridized carbons (Fsp3) is 0.158. The highest BCUT2D eigenvalue weighted by atomic mass is 19.1. The van der Waals surface area contributed by atoms with Crippen LogP contribution in [0.25, 0.3) is 11.3 Å². The molecule has 3 aromatic rings. The van der Waals surface area contributed by atoms with Gasteiger partial charge < -0.3 is 14.8 Å². The summed E-state index contributed by atoms with van der Waals surface area (Å²) in [6, 6.07) is 12.9. The Morgan fingerprint density at radius 1 is 1.12 bits per heavy atom. The number of rotatable bonds is 6. The van der Waals surface area contributed by atoms with Gasteiger partial charge in [-0.2, -0.15) is 5.10 Å². The van der Waals surface area contributed by atoms with Crippen molar-refractivity contribution in [2.45, 2.75) is 6.54 Å². The Hall–Kier alpha value is -3.35. The smallest absolute Gasteiger partial charge is 0.269 e. The Bertz CT molecular complexity index is 907. The van der Waals surface area contributed by atoms with Crippen molar-refractivity contribution in [2.75, 3.05) is 14.2 Å². The molecule has 26 heavy (non-hydrogen) atoms. The minimum atomic E-state index is -0.313. The van der Waals surface area contributed by atoms with E-state index in [0.717, 1.165) is 11.1 Å². The number of hydrogen-bond donors (Lipinski definition) is 2. The molecular weight excluding hydrogens is 337 g/mol. The molecule has 0 saturated heterocycles. The number of carbonyl (C=O) groups is 1. The van der Waals surface area contributed by atoms with E-state index in [1.54, 1.807) is 44.6 Å². The second-order valence-corrected chi connectivity index (χ2v) is 5.54. The average Bonchev–Trinajstić information content (AvgIpc) is 3.16. The first kappa shape index (κ1) is 17.5. The first-order valence-electron chi connectivity index (χ1n) is 7.91. The minimum absolute atomic E-state index is 0.291. The number of halogens is 1. The molecule has 1 amide bonds. The third kappa shape index (κ3) is 3.83. The average molecular weight is 355 g/mol. The fourth-order valence-electron chi connectivity index (χ4n) is 2.47. The molecule has 0 aliphatic heterocycles. The molecule has 6 nitrogen and oxygen atoms in total. The van der Waals surface area contributed by atoms with Gasteiger partial charge in [-0.25, -0.2) is 4.39 Å². The van der Waals surface area contributed by atoms with E-state index >= 15 is 0 Å². The number of benzene rings is 2. The molecule has 0 radical (unpaired) electrons. The quantitative estimate of drug-likeness (QED) is 0.712. The number of nitrogens with one attached hydrogen (secondary N) is 2. The van der Waals surface area contributed by atoms with Gasteiger partial charge in [-0.1, -0.05) is 12.1 Å². The molecular formula is C19H18FN3O3. The molecule has 0 aliphatic rings. The second-order valence-electron chi connectivity index (χ2n) is 5.54. The molecule has 0 atom stereocenters. The van der Waals surface area contributed by atoms with Crippen molar-refractivity contribution >= 4 is 5.91 Å². The second kappa shape index (κ2) is 7.69. The maximum absolute atomic E-state index is 12.9. The zero-order chi connectivity index (χ0) is 18.5. The zero-order valence-corrected chi connectivity index (χ0v) is 14.4. The number of carbonyl (C=O) groups excluding carboxylic acids is 1. The molecule has 7 heteroatoms. The van der Waals surface area contributed by atoms with E-state index in [2.05, 4.69) is 15.5 Å². The van der Waals surface area contributed by atoms with Crippen molar-refractivity contribution < 1.29 is 18.7 Å². The van der Waals surface area contributed by atoms with E-state index in [0.29, 0.717) is 29.4 Å². The van der Waals surface area contributed by atoms with Gasteiger partial charge >= 0.3 is 0 Å². The van der Waals surface area contributed by atoms with Gasteiger partial charge in [0.25, 0.3) is 5.91 Å². The Labute approximate surface area is 150 Å². The lowest BCUT2D eigenvalue weighted by Gasteiger charge is -2.08. The van der Waals surface area contributed by atoms with Crippen molar-refractivity contribution in [1.82, 2.24) is 15.5 Å². The molecule has 1 heterocycles. The first-order valence-corrected chi connectivity index (χ1v) is 7.91. The van der Waals surface area contributed by atoms with E-state index in [1.165, 1.54) is 12.1 Å². The monoisotopic (exact) mass is 355 g/mol. The number of H-pyrrole nitrogens is 1.